The number of nitrogens with zero attached hydrogens (tertiary/aromatic N) is 2. The average molecular weight is 315 g/mol. The Morgan fingerprint density at radius 2 is 2.06 bits per heavy atom. The van der Waals surface area contributed by atoms with E-state index in [1.54, 1.807) is 10.4 Å². The molecule has 16 heavy (non-hydrogen) atoms. The first-order valence-corrected chi connectivity index (χ1v) is 7.82. The van der Waals surface area contributed by atoms with E-state index in [0.717, 1.165) is 5.01 Å². The summed E-state index contributed by atoms with van der Waals surface area (Å²) in [5, 5.41) is 1.05. The lowest BCUT2D eigenvalue weighted by atomic mass is 10.1. The lowest BCUT2D eigenvalue weighted by molar-refractivity contribution is 0.713. The summed E-state index contributed by atoms with van der Waals surface area (Å²) in [6.45, 7) is 0. The van der Waals surface area contributed by atoms with Gasteiger partial charge in [-0.25, -0.2) is 4.98 Å². The number of thiophene rings is 1. The molecule has 5 heteroatoms. The maximum atomic E-state index is 4.38. The second-order valence-corrected chi connectivity index (χ2v) is 6.59. The molecule has 0 radical (unpaired) electrons. The number of fused-ring (bicyclic) bond motifs is 1. The summed E-state index contributed by atoms with van der Waals surface area (Å²) in [5.41, 5.74) is 1.55. The minimum absolute atomic E-state index is 0.705. The second kappa shape index (κ2) is 4.55. The molecule has 0 unspecified atom stereocenters. The van der Waals surface area contributed by atoms with E-state index in [2.05, 4.69) is 31.4 Å². The van der Waals surface area contributed by atoms with E-state index in [1.165, 1.54) is 48.5 Å². The predicted octanol–water partition coefficient (Wildman–Crippen LogP) is 4.30. The van der Waals surface area contributed by atoms with Crippen LogP contribution < -0.4 is 0 Å². The highest BCUT2D eigenvalue weighted by Gasteiger charge is 2.15. The van der Waals surface area contributed by atoms with Crippen molar-refractivity contribution in [2.24, 2.45) is 0 Å². The predicted molar refractivity (Wildman–Crippen MR) is 72.2 cm³/mol. The molecule has 0 saturated heterocycles. The van der Waals surface area contributed by atoms with Gasteiger partial charge in [0.25, 0.3) is 0 Å². The lowest BCUT2D eigenvalue weighted by Crippen LogP contribution is -1.80. The molecule has 0 bridgehead atoms. The first-order valence-electron chi connectivity index (χ1n) is 5.44. The molecule has 0 atom stereocenters. The van der Waals surface area contributed by atoms with Gasteiger partial charge in [-0.05, 0) is 64.8 Å². The highest BCUT2D eigenvalue weighted by molar-refractivity contribution is 9.10. The van der Waals surface area contributed by atoms with Crippen molar-refractivity contribution in [2.75, 3.05) is 0 Å². The molecule has 0 spiro atoms. The molecule has 0 saturated carbocycles. The van der Waals surface area contributed by atoms with Crippen LogP contribution in [0.1, 0.15) is 29.7 Å². The number of rotatable bonds is 1. The number of aromatic nitrogens is 2. The fourth-order valence-electron chi connectivity index (χ4n) is 2.08. The molecule has 2 nitrogen and oxygen atoms in total. The van der Waals surface area contributed by atoms with Crippen LogP contribution in [0.15, 0.2) is 10.8 Å². The fourth-order valence-corrected chi connectivity index (χ4v) is 4.44. The second-order valence-electron chi connectivity index (χ2n) is 3.99. The number of aryl methyl sites for hydroxylation is 2. The molecule has 3 rings (SSSR count). The third-order valence-corrected chi connectivity index (χ3v) is 5.57. The Balaban J connectivity index is 1.98. The Morgan fingerprint density at radius 3 is 2.88 bits per heavy atom. The van der Waals surface area contributed by atoms with Crippen molar-refractivity contribution in [1.29, 1.82) is 0 Å². The molecule has 1 aliphatic rings. The van der Waals surface area contributed by atoms with E-state index in [0.29, 0.717) is 4.73 Å². The molecule has 0 fully saturated rings. The Labute approximate surface area is 111 Å². The van der Waals surface area contributed by atoms with Crippen molar-refractivity contribution < 1.29 is 0 Å². The summed E-state index contributed by atoms with van der Waals surface area (Å²) in [7, 11) is 0. The van der Waals surface area contributed by atoms with Gasteiger partial charge in [0.2, 0.25) is 4.73 Å². The van der Waals surface area contributed by atoms with E-state index >= 15 is 0 Å². The Morgan fingerprint density at radius 1 is 1.19 bits per heavy atom. The smallest absolute Gasteiger partial charge is 0.208 e. The molecule has 0 amide bonds. The van der Waals surface area contributed by atoms with Gasteiger partial charge in [0, 0.05) is 4.88 Å². The van der Waals surface area contributed by atoms with Crippen LogP contribution in [0.4, 0.5) is 0 Å². The summed E-state index contributed by atoms with van der Waals surface area (Å²) in [6.07, 6.45) is 6.54. The molecule has 84 valence electrons. The Hall–Kier alpha value is -0.260. The van der Waals surface area contributed by atoms with Crippen molar-refractivity contribution in [1.82, 2.24) is 9.36 Å². The summed E-state index contributed by atoms with van der Waals surface area (Å²) >= 11 is 6.68. The van der Waals surface area contributed by atoms with Gasteiger partial charge in [-0.1, -0.05) is 6.42 Å². The van der Waals surface area contributed by atoms with E-state index in [-0.39, 0.29) is 0 Å². The maximum Gasteiger partial charge on any atom is 0.209 e. The van der Waals surface area contributed by atoms with E-state index in [4.69, 9.17) is 0 Å². The third kappa shape index (κ3) is 2.08. The van der Waals surface area contributed by atoms with Gasteiger partial charge < -0.3 is 0 Å². The van der Waals surface area contributed by atoms with Crippen molar-refractivity contribution >= 4 is 38.8 Å². The molecule has 2 heterocycles. The number of hydrogen-bond donors (Lipinski definition) is 0. The number of halogens is 1. The van der Waals surface area contributed by atoms with Crippen LogP contribution in [-0.4, -0.2) is 9.36 Å². The SMILES string of the molecule is Brc1nsc(-c2cc3c(s2)CCCCC3)n1. The van der Waals surface area contributed by atoms with E-state index < -0.39 is 0 Å². The summed E-state index contributed by atoms with van der Waals surface area (Å²) < 4.78 is 4.88. The molecule has 0 aliphatic heterocycles. The lowest BCUT2D eigenvalue weighted by Gasteiger charge is -1.92. The molecule has 0 N–H and O–H groups in total. The normalized spacial score (nSPS) is 15.8. The summed E-state index contributed by atoms with van der Waals surface area (Å²) in [6, 6.07) is 2.32. The first-order chi connectivity index (χ1) is 7.83. The largest absolute Gasteiger partial charge is 0.209 e. The molecular weight excluding hydrogens is 304 g/mol. The minimum atomic E-state index is 0.705. The zero-order valence-corrected chi connectivity index (χ0v) is 11.9. The molecule has 1 aliphatic carbocycles. The van der Waals surface area contributed by atoms with Gasteiger partial charge in [0.15, 0.2) is 5.01 Å². The Bertz CT molecular complexity index is 480. The van der Waals surface area contributed by atoms with Gasteiger partial charge in [-0.2, -0.15) is 4.37 Å². The van der Waals surface area contributed by atoms with E-state index in [9.17, 15) is 0 Å². The highest BCUT2D eigenvalue weighted by Crippen LogP contribution is 2.36. The molecule has 0 aromatic carbocycles. The van der Waals surface area contributed by atoms with Crippen LogP contribution in [0.2, 0.25) is 0 Å². The topological polar surface area (TPSA) is 25.8 Å². The quantitative estimate of drug-likeness (QED) is 0.733. The molecule has 2 aromatic heterocycles. The molecule has 2 aromatic rings. The van der Waals surface area contributed by atoms with Gasteiger partial charge in [-0.15, -0.1) is 11.3 Å². The van der Waals surface area contributed by atoms with Crippen molar-refractivity contribution in [3.63, 3.8) is 0 Å². The third-order valence-electron chi connectivity index (χ3n) is 2.86. The van der Waals surface area contributed by atoms with Crippen molar-refractivity contribution in [2.45, 2.75) is 32.1 Å². The standard InChI is InChI=1S/C11H11BrN2S2/c12-11-13-10(16-14-11)9-6-7-4-2-1-3-5-8(7)15-9/h6H,1-5H2. The van der Waals surface area contributed by atoms with E-state index in [1.807, 2.05) is 11.3 Å². The van der Waals surface area contributed by atoms with Crippen LogP contribution in [0.5, 0.6) is 0 Å². The van der Waals surface area contributed by atoms with Crippen LogP contribution in [0.3, 0.4) is 0 Å². The fraction of sp³-hybridized carbons (Fsp3) is 0.455. The van der Waals surface area contributed by atoms with Crippen LogP contribution in [-0.2, 0) is 12.8 Å². The zero-order valence-electron chi connectivity index (χ0n) is 8.70. The van der Waals surface area contributed by atoms with Crippen LogP contribution in [0, 0.1) is 0 Å². The van der Waals surface area contributed by atoms with Gasteiger partial charge in [0.05, 0.1) is 4.88 Å². The Kier molecular flexibility index (Phi) is 3.09. The van der Waals surface area contributed by atoms with Gasteiger partial charge in [0.1, 0.15) is 0 Å². The van der Waals surface area contributed by atoms with Gasteiger partial charge >= 0.3 is 0 Å². The van der Waals surface area contributed by atoms with Crippen molar-refractivity contribution in [3.8, 4) is 9.88 Å². The number of hydrogen-bond acceptors (Lipinski definition) is 4. The zero-order chi connectivity index (χ0) is 11.0. The van der Waals surface area contributed by atoms with Gasteiger partial charge in [-0.3, -0.25) is 0 Å². The first kappa shape index (κ1) is 10.9. The summed E-state index contributed by atoms with van der Waals surface area (Å²) in [5.74, 6) is 0. The molecular formula is C11H11BrN2S2. The monoisotopic (exact) mass is 314 g/mol. The maximum absolute atomic E-state index is 4.38. The minimum Gasteiger partial charge on any atom is -0.208 e. The average Bonchev–Trinajstić information content (AvgIpc) is 2.81. The van der Waals surface area contributed by atoms with Crippen LogP contribution in [0.25, 0.3) is 9.88 Å². The summed E-state index contributed by atoms with van der Waals surface area (Å²) in [4.78, 5) is 7.24. The highest BCUT2D eigenvalue weighted by atomic mass is 79.9. The van der Waals surface area contributed by atoms with Crippen LogP contribution >= 0.6 is 38.8 Å². The van der Waals surface area contributed by atoms with Crippen molar-refractivity contribution in [3.05, 3.63) is 21.2 Å².